The van der Waals surface area contributed by atoms with Gasteiger partial charge in [0.1, 0.15) is 11.5 Å². The van der Waals surface area contributed by atoms with Crippen molar-refractivity contribution in [3.8, 4) is 5.75 Å². The third-order valence-corrected chi connectivity index (χ3v) is 8.99. The average Bonchev–Trinajstić information content (AvgIpc) is 3.19. The van der Waals surface area contributed by atoms with Crippen LogP contribution in [-0.4, -0.2) is 41.2 Å². The third-order valence-electron chi connectivity index (χ3n) is 7.11. The molecule has 0 amide bonds. The number of aryl methyl sites for hydroxylation is 1. The maximum absolute atomic E-state index is 11.1. The number of anilines is 1. The molecule has 5 rings (SSSR count). The number of hydrogen-bond donors (Lipinski definition) is 2. The minimum absolute atomic E-state index is 0.0712. The molecule has 0 bridgehead atoms. The van der Waals surface area contributed by atoms with E-state index in [0.717, 1.165) is 95.4 Å². The molecule has 3 aliphatic rings. The zero-order valence-corrected chi connectivity index (χ0v) is 22.9. The Morgan fingerprint density at radius 2 is 1.89 bits per heavy atom. The first kappa shape index (κ1) is 25.1. The Morgan fingerprint density at radius 3 is 2.63 bits per heavy atom. The minimum Gasteiger partial charge on any atom is -0.493 e. The van der Waals surface area contributed by atoms with Gasteiger partial charge in [0.05, 0.1) is 16.9 Å². The summed E-state index contributed by atoms with van der Waals surface area (Å²) >= 11 is 8.90. The second-order valence-electron chi connectivity index (χ2n) is 10.7. The number of thioether (sulfide) groups is 1. The Labute approximate surface area is 217 Å². The number of halogens is 1. The molecular formula is C28H36ClNO4S. The van der Waals surface area contributed by atoms with E-state index in [4.69, 9.17) is 25.5 Å². The first-order chi connectivity index (χ1) is 16.7. The molecule has 0 radical (unpaired) electrons. The summed E-state index contributed by atoms with van der Waals surface area (Å²) in [6.45, 7) is 9.36. The van der Waals surface area contributed by atoms with Crippen molar-refractivity contribution < 1.29 is 19.0 Å². The van der Waals surface area contributed by atoms with E-state index in [9.17, 15) is 5.11 Å². The smallest absolute Gasteiger partial charge is 0.201 e. The van der Waals surface area contributed by atoms with Crippen molar-refractivity contribution in [2.75, 3.05) is 19.0 Å². The quantitative estimate of drug-likeness (QED) is 0.435. The predicted octanol–water partition coefficient (Wildman–Crippen LogP) is 6.62. The van der Waals surface area contributed by atoms with E-state index in [1.807, 2.05) is 0 Å². The molecule has 7 heteroatoms. The second-order valence-corrected chi connectivity index (χ2v) is 13.1. The van der Waals surface area contributed by atoms with Crippen LogP contribution >= 0.6 is 23.4 Å². The van der Waals surface area contributed by atoms with Crippen LogP contribution in [0.1, 0.15) is 75.0 Å². The van der Waals surface area contributed by atoms with Crippen LogP contribution in [0, 0.1) is 0 Å². The number of aliphatic hydroxyl groups is 1. The number of methoxy groups -OCH3 is 1. The summed E-state index contributed by atoms with van der Waals surface area (Å²) in [5.41, 5.74) is 6.61. The molecule has 2 N–H and O–H groups in total. The van der Waals surface area contributed by atoms with Gasteiger partial charge in [-0.25, -0.2) is 0 Å². The van der Waals surface area contributed by atoms with Crippen LogP contribution in [0.3, 0.4) is 0 Å². The molecule has 1 aromatic carbocycles. The number of fused-ring (bicyclic) bond motifs is 4. The fourth-order valence-corrected chi connectivity index (χ4v) is 7.41. The Morgan fingerprint density at radius 1 is 1.14 bits per heavy atom. The van der Waals surface area contributed by atoms with E-state index in [1.54, 1.807) is 18.9 Å². The summed E-state index contributed by atoms with van der Waals surface area (Å²) in [7, 11) is 1.57. The first-order valence-electron chi connectivity index (χ1n) is 12.7. The predicted molar refractivity (Wildman–Crippen MR) is 144 cm³/mol. The average molecular weight is 518 g/mol. The Hall–Kier alpha value is -1.60. The molecule has 5 nitrogen and oxygen atoms in total. The van der Waals surface area contributed by atoms with Crippen molar-refractivity contribution in [3.63, 3.8) is 0 Å². The van der Waals surface area contributed by atoms with Gasteiger partial charge in [-0.05, 0) is 62.3 Å². The van der Waals surface area contributed by atoms with Gasteiger partial charge in [-0.2, -0.15) is 0 Å². The number of benzene rings is 1. The van der Waals surface area contributed by atoms with Gasteiger partial charge in [0, 0.05) is 46.6 Å². The monoisotopic (exact) mass is 517 g/mol. The molecular weight excluding hydrogens is 482 g/mol. The molecule has 3 atom stereocenters. The van der Waals surface area contributed by atoms with E-state index in [2.05, 4.69) is 45.1 Å². The summed E-state index contributed by atoms with van der Waals surface area (Å²) in [4.78, 5) is 0. The molecule has 2 aromatic rings. The van der Waals surface area contributed by atoms with Gasteiger partial charge in [0.2, 0.25) is 5.88 Å². The van der Waals surface area contributed by atoms with Gasteiger partial charge in [0.15, 0.2) is 6.29 Å². The molecule has 1 aliphatic carbocycles. The molecule has 0 fully saturated rings. The topological polar surface area (TPSA) is 63.9 Å². The van der Waals surface area contributed by atoms with Crippen molar-refractivity contribution in [2.45, 2.75) is 88.5 Å². The van der Waals surface area contributed by atoms with Crippen LogP contribution in [-0.2, 0) is 24.0 Å². The third kappa shape index (κ3) is 4.63. The van der Waals surface area contributed by atoms with Crippen molar-refractivity contribution in [2.24, 2.45) is 0 Å². The summed E-state index contributed by atoms with van der Waals surface area (Å²) in [5, 5.41) is 15.2. The van der Waals surface area contributed by atoms with E-state index < -0.39 is 6.29 Å². The van der Waals surface area contributed by atoms with Crippen molar-refractivity contribution >= 4 is 34.8 Å². The van der Waals surface area contributed by atoms with Crippen LogP contribution in [0.25, 0.3) is 5.57 Å². The van der Waals surface area contributed by atoms with Crippen LogP contribution < -0.4 is 10.1 Å². The number of hydrogen-bond acceptors (Lipinski definition) is 6. The fourth-order valence-electron chi connectivity index (χ4n) is 5.62. The highest BCUT2D eigenvalue weighted by Crippen LogP contribution is 2.51. The molecule has 0 saturated heterocycles. The number of aliphatic hydroxyl groups excluding tert-OH is 1. The summed E-state index contributed by atoms with van der Waals surface area (Å²) < 4.78 is 17.8. The van der Waals surface area contributed by atoms with Gasteiger partial charge in [-0.15, -0.1) is 11.8 Å². The second kappa shape index (κ2) is 9.70. The molecule has 190 valence electrons. The fraction of sp³-hybridized carbons (Fsp3) is 0.571. The Kier molecular flexibility index (Phi) is 6.94. The number of rotatable bonds is 5. The molecule has 35 heavy (non-hydrogen) atoms. The van der Waals surface area contributed by atoms with E-state index >= 15 is 0 Å². The normalized spacial score (nSPS) is 21.4. The number of nitrogens with one attached hydrogen (secondary N) is 1. The summed E-state index contributed by atoms with van der Waals surface area (Å²) in [6, 6.07) is 4.07. The zero-order chi connectivity index (χ0) is 24.9. The highest BCUT2D eigenvalue weighted by atomic mass is 35.5. The largest absolute Gasteiger partial charge is 0.493 e. The van der Waals surface area contributed by atoms with E-state index in [1.165, 1.54) is 5.56 Å². The molecule has 0 saturated carbocycles. The lowest BCUT2D eigenvalue weighted by Crippen LogP contribution is -2.39. The minimum atomic E-state index is -0.961. The molecule has 1 aromatic heterocycles. The zero-order valence-electron chi connectivity index (χ0n) is 21.3. The molecule has 0 spiro atoms. The van der Waals surface area contributed by atoms with Crippen LogP contribution in [0.4, 0.5) is 5.88 Å². The van der Waals surface area contributed by atoms with Crippen LogP contribution in [0.5, 0.6) is 5.75 Å². The van der Waals surface area contributed by atoms with Crippen LogP contribution in [0.15, 0.2) is 22.1 Å². The summed E-state index contributed by atoms with van der Waals surface area (Å²) in [5.74, 6) is 2.77. The molecule has 3 unspecified atom stereocenters. The van der Waals surface area contributed by atoms with Gasteiger partial charge >= 0.3 is 0 Å². The van der Waals surface area contributed by atoms with Crippen molar-refractivity contribution in [1.82, 2.24) is 0 Å². The maximum Gasteiger partial charge on any atom is 0.201 e. The van der Waals surface area contributed by atoms with Gasteiger partial charge in [-0.1, -0.05) is 32.4 Å². The SMILES string of the molecule is COC(O)C(SC(C)(C)C)C1=C(c2ccc3c(c2Cl)CCCO3)c2c(oc3c2CCCC3)NC1C. The highest BCUT2D eigenvalue weighted by molar-refractivity contribution is 8.01. The molecule has 3 heterocycles. The van der Waals surface area contributed by atoms with Gasteiger partial charge in [0.25, 0.3) is 0 Å². The van der Waals surface area contributed by atoms with Crippen molar-refractivity contribution in [3.05, 3.63) is 50.7 Å². The lowest BCUT2D eigenvalue weighted by atomic mass is 9.81. The van der Waals surface area contributed by atoms with Gasteiger partial charge in [-0.3, -0.25) is 0 Å². The van der Waals surface area contributed by atoms with Crippen molar-refractivity contribution in [1.29, 1.82) is 0 Å². The van der Waals surface area contributed by atoms with Crippen LogP contribution in [0.2, 0.25) is 5.02 Å². The first-order valence-corrected chi connectivity index (χ1v) is 13.9. The lowest BCUT2D eigenvalue weighted by Gasteiger charge is -2.37. The maximum atomic E-state index is 11.1. The van der Waals surface area contributed by atoms with E-state index in [-0.39, 0.29) is 16.0 Å². The van der Waals surface area contributed by atoms with Gasteiger partial charge < -0.3 is 24.3 Å². The standard InChI is InChI=1S/C28H36ClNO4S/c1-15-21(25(27(31)32-5)35-28(2,3)4)22(18-12-13-19-17(24(18)29)10-8-14-33-19)23-16-9-6-7-11-20(16)34-26(23)30-15/h12-13,15,25,27,30-31H,6-11,14H2,1-5H3. The summed E-state index contributed by atoms with van der Waals surface area (Å²) in [6.07, 6.45) is 5.11. The molecule has 2 aliphatic heterocycles. The lowest BCUT2D eigenvalue weighted by molar-refractivity contribution is -0.0684. The number of furan rings is 1. The Bertz CT molecular complexity index is 1150. The Balaban J connectivity index is 1.80. The van der Waals surface area contributed by atoms with E-state index in [0.29, 0.717) is 0 Å². The number of ether oxygens (including phenoxy) is 2. The highest BCUT2D eigenvalue weighted by Gasteiger charge is 2.41.